The fourth-order valence-electron chi connectivity index (χ4n) is 3.38. The largest absolute Gasteiger partial charge is 0.481 e. The van der Waals surface area contributed by atoms with E-state index in [9.17, 15) is 22.8 Å². The monoisotopic (exact) mass is 307 g/mol. The normalized spacial score (nSPS) is 34.0. The number of likely N-dealkylation sites (tertiary alicyclic amines) is 1. The Kier molecular flexibility index (Phi) is 4.22. The SMILES string of the molecule is CC1(C(=O)O)CCN(C(=O)C2CCCCC2C(F)(F)F)C1. The number of carbonyl (C=O) groups excluding carboxylic acids is 1. The van der Waals surface area contributed by atoms with Gasteiger partial charge in [-0.2, -0.15) is 13.2 Å². The van der Waals surface area contributed by atoms with Gasteiger partial charge in [0.1, 0.15) is 0 Å². The molecule has 0 aromatic heterocycles. The molecule has 1 N–H and O–H groups in total. The van der Waals surface area contributed by atoms with E-state index in [4.69, 9.17) is 5.11 Å². The zero-order valence-corrected chi connectivity index (χ0v) is 11.9. The summed E-state index contributed by atoms with van der Waals surface area (Å²) in [6, 6.07) is 0. The second kappa shape index (κ2) is 5.50. The van der Waals surface area contributed by atoms with E-state index in [-0.39, 0.29) is 32.4 Å². The third-order valence-corrected chi connectivity index (χ3v) is 4.80. The average Bonchev–Trinajstić information content (AvgIpc) is 2.81. The number of rotatable bonds is 2. The molecule has 0 radical (unpaired) electrons. The minimum absolute atomic E-state index is 0.00223. The summed E-state index contributed by atoms with van der Waals surface area (Å²) in [5.41, 5.74) is -1.04. The van der Waals surface area contributed by atoms with Crippen LogP contribution in [0, 0.1) is 17.3 Å². The van der Waals surface area contributed by atoms with Crippen LogP contribution < -0.4 is 0 Å². The van der Waals surface area contributed by atoms with Crippen molar-refractivity contribution in [3.05, 3.63) is 0 Å². The Morgan fingerprint density at radius 2 is 1.86 bits per heavy atom. The first kappa shape index (κ1) is 16.1. The molecule has 0 bridgehead atoms. The van der Waals surface area contributed by atoms with Crippen LogP contribution in [0.25, 0.3) is 0 Å². The predicted octanol–water partition coefficient (Wildman–Crippen LogP) is 2.68. The lowest BCUT2D eigenvalue weighted by atomic mass is 9.78. The zero-order valence-electron chi connectivity index (χ0n) is 11.9. The maximum atomic E-state index is 13.1. The number of amides is 1. The van der Waals surface area contributed by atoms with Gasteiger partial charge in [-0.15, -0.1) is 0 Å². The maximum Gasteiger partial charge on any atom is 0.392 e. The predicted molar refractivity (Wildman–Crippen MR) is 68.4 cm³/mol. The van der Waals surface area contributed by atoms with Crippen LogP contribution in [-0.2, 0) is 9.59 Å². The molecule has 0 aromatic carbocycles. The Balaban J connectivity index is 2.10. The van der Waals surface area contributed by atoms with E-state index < -0.39 is 35.3 Å². The van der Waals surface area contributed by atoms with Crippen molar-refractivity contribution in [2.75, 3.05) is 13.1 Å². The van der Waals surface area contributed by atoms with Crippen LogP contribution in [0.3, 0.4) is 0 Å². The summed E-state index contributed by atoms with van der Waals surface area (Å²) in [7, 11) is 0. The van der Waals surface area contributed by atoms with Crippen LogP contribution in [0.15, 0.2) is 0 Å². The number of alkyl halides is 3. The number of aliphatic carboxylic acids is 1. The summed E-state index contributed by atoms with van der Waals surface area (Å²) in [5.74, 6) is -4.17. The third-order valence-electron chi connectivity index (χ3n) is 4.80. The topological polar surface area (TPSA) is 57.6 Å². The number of hydrogen-bond donors (Lipinski definition) is 1. The number of carboxylic acid groups (broad SMARTS) is 1. The number of nitrogens with zero attached hydrogens (tertiary/aromatic N) is 1. The van der Waals surface area contributed by atoms with E-state index in [0.29, 0.717) is 12.8 Å². The van der Waals surface area contributed by atoms with E-state index >= 15 is 0 Å². The van der Waals surface area contributed by atoms with Gasteiger partial charge in [0.05, 0.1) is 11.3 Å². The van der Waals surface area contributed by atoms with Crippen molar-refractivity contribution >= 4 is 11.9 Å². The molecule has 0 spiro atoms. The van der Waals surface area contributed by atoms with Gasteiger partial charge in [0.2, 0.25) is 5.91 Å². The van der Waals surface area contributed by atoms with Crippen LogP contribution >= 0.6 is 0 Å². The van der Waals surface area contributed by atoms with E-state index in [1.807, 2.05) is 0 Å². The summed E-state index contributed by atoms with van der Waals surface area (Å²) in [5, 5.41) is 9.15. The first-order valence-corrected chi connectivity index (χ1v) is 7.24. The van der Waals surface area contributed by atoms with Crippen molar-refractivity contribution in [2.45, 2.75) is 45.2 Å². The molecule has 3 atom stereocenters. The highest BCUT2D eigenvalue weighted by atomic mass is 19.4. The van der Waals surface area contributed by atoms with Crippen LogP contribution in [0.4, 0.5) is 13.2 Å². The standard InChI is InChI=1S/C14H20F3NO3/c1-13(12(20)21)6-7-18(8-13)11(19)9-4-2-3-5-10(9)14(15,16)17/h9-10H,2-8H2,1H3,(H,20,21). The van der Waals surface area contributed by atoms with Crippen LogP contribution in [0.2, 0.25) is 0 Å². The highest BCUT2D eigenvalue weighted by Gasteiger charge is 2.51. The van der Waals surface area contributed by atoms with Crippen LogP contribution in [-0.4, -0.2) is 41.1 Å². The molecule has 2 rings (SSSR count). The molecule has 3 unspecified atom stereocenters. The van der Waals surface area contributed by atoms with E-state index in [1.165, 1.54) is 11.8 Å². The van der Waals surface area contributed by atoms with Crippen LogP contribution in [0.5, 0.6) is 0 Å². The van der Waals surface area contributed by atoms with Gasteiger partial charge in [0.15, 0.2) is 0 Å². The van der Waals surface area contributed by atoms with Crippen molar-refractivity contribution < 1.29 is 27.9 Å². The molecule has 1 heterocycles. The third kappa shape index (κ3) is 3.16. The van der Waals surface area contributed by atoms with Gasteiger partial charge in [0.25, 0.3) is 0 Å². The minimum atomic E-state index is -4.36. The molecule has 2 aliphatic rings. The molecule has 4 nitrogen and oxygen atoms in total. The number of halogens is 3. The molecule has 1 amide bonds. The average molecular weight is 307 g/mol. The fraction of sp³-hybridized carbons (Fsp3) is 0.857. The van der Waals surface area contributed by atoms with Crippen molar-refractivity contribution in [3.8, 4) is 0 Å². The number of hydrogen-bond acceptors (Lipinski definition) is 2. The molecule has 0 aromatic rings. The Labute approximate surface area is 121 Å². The smallest absolute Gasteiger partial charge is 0.392 e. The first-order valence-electron chi connectivity index (χ1n) is 7.24. The van der Waals surface area contributed by atoms with E-state index in [0.717, 1.165) is 0 Å². The van der Waals surface area contributed by atoms with Gasteiger partial charge in [-0.05, 0) is 26.2 Å². The highest BCUT2D eigenvalue weighted by Crippen LogP contribution is 2.43. The lowest BCUT2D eigenvalue weighted by Gasteiger charge is -2.34. The van der Waals surface area contributed by atoms with Gasteiger partial charge >= 0.3 is 12.1 Å². The number of carboxylic acids is 1. The Morgan fingerprint density at radius 3 is 2.38 bits per heavy atom. The summed E-state index contributed by atoms with van der Waals surface area (Å²) < 4.78 is 39.2. The first-order chi connectivity index (χ1) is 9.65. The molecule has 2 fully saturated rings. The van der Waals surface area contributed by atoms with Crippen molar-refractivity contribution in [1.29, 1.82) is 0 Å². The summed E-state index contributed by atoms with van der Waals surface area (Å²) >= 11 is 0. The molecule has 1 saturated heterocycles. The van der Waals surface area contributed by atoms with Crippen molar-refractivity contribution in [3.63, 3.8) is 0 Å². The molecule has 1 aliphatic carbocycles. The minimum Gasteiger partial charge on any atom is -0.481 e. The summed E-state index contributed by atoms with van der Waals surface area (Å²) in [6.07, 6.45) is -2.74. The summed E-state index contributed by atoms with van der Waals surface area (Å²) in [4.78, 5) is 24.9. The number of carbonyl (C=O) groups is 2. The maximum absolute atomic E-state index is 13.1. The van der Waals surface area contributed by atoms with E-state index in [2.05, 4.69) is 0 Å². The second-order valence-corrected chi connectivity index (χ2v) is 6.41. The molecule has 120 valence electrons. The molecular weight excluding hydrogens is 287 g/mol. The van der Waals surface area contributed by atoms with Crippen LogP contribution in [0.1, 0.15) is 39.0 Å². The Bertz CT molecular complexity index is 438. The lowest BCUT2D eigenvalue weighted by Crippen LogP contribution is -2.44. The Morgan fingerprint density at radius 1 is 1.24 bits per heavy atom. The van der Waals surface area contributed by atoms with Gasteiger partial charge < -0.3 is 10.0 Å². The highest BCUT2D eigenvalue weighted by molar-refractivity contribution is 5.82. The van der Waals surface area contributed by atoms with Gasteiger partial charge in [0, 0.05) is 19.0 Å². The second-order valence-electron chi connectivity index (χ2n) is 6.41. The molecule has 1 saturated carbocycles. The van der Waals surface area contributed by atoms with Gasteiger partial charge in [-0.3, -0.25) is 9.59 Å². The summed E-state index contributed by atoms with van der Waals surface area (Å²) in [6.45, 7) is 1.76. The fourth-order valence-corrected chi connectivity index (χ4v) is 3.38. The Hall–Kier alpha value is -1.27. The molecule has 1 aliphatic heterocycles. The van der Waals surface area contributed by atoms with E-state index in [1.54, 1.807) is 0 Å². The van der Waals surface area contributed by atoms with Crippen molar-refractivity contribution in [2.24, 2.45) is 17.3 Å². The van der Waals surface area contributed by atoms with Gasteiger partial charge in [-0.1, -0.05) is 12.8 Å². The quantitative estimate of drug-likeness (QED) is 0.853. The molecule has 7 heteroatoms. The molecular formula is C14H20F3NO3. The molecule has 21 heavy (non-hydrogen) atoms. The zero-order chi connectivity index (χ0) is 15.8. The van der Waals surface area contributed by atoms with Gasteiger partial charge in [-0.25, -0.2) is 0 Å². The lowest BCUT2D eigenvalue weighted by molar-refractivity contribution is -0.200. The van der Waals surface area contributed by atoms with Crippen molar-refractivity contribution in [1.82, 2.24) is 4.90 Å².